The standard InChI is InChI=1S/C60H38N4O/c1-60(2)49-25-13-10-21-41(49)45-33-46-42-22-11-14-26-51(42)64(52(46)34-50(45)60)53-32-37(31-48-40-20-7-6-18-38(40)39-19-8-9-24-44(39)56(48)53)59-62-57(35-16-4-3-5-17-35)61-58(63-59)36-28-29-55-47(30-36)43-23-12-15-27-54(43)65-55/h3-34H,1-2H3. The molecular formula is C60H38N4O. The van der Waals surface area contributed by atoms with Crippen LogP contribution in [0.1, 0.15) is 25.0 Å². The van der Waals surface area contributed by atoms with E-state index in [0.29, 0.717) is 17.5 Å². The van der Waals surface area contributed by atoms with Crippen LogP contribution in [0.2, 0.25) is 0 Å². The lowest BCUT2D eigenvalue weighted by Gasteiger charge is -2.22. The predicted octanol–water partition coefficient (Wildman–Crippen LogP) is 15.6. The summed E-state index contributed by atoms with van der Waals surface area (Å²) in [7, 11) is 0. The van der Waals surface area contributed by atoms with Crippen molar-refractivity contribution >= 4 is 76.1 Å². The third-order valence-corrected chi connectivity index (χ3v) is 14.0. The lowest BCUT2D eigenvalue weighted by Crippen LogP contribution is -2.15. The highest BCUT2D eigenvalue weighted by molar-refractivity contribution is 6.28. The van der Waals surface area contributed by atoms with Gasteiger partial charge < -0.3 is 8.98 Å². The van der Waals surface area contributed by atoms with Gasteiger partial charge in [-0.05, 0) is 104 Å². The molecule has 0 aliphatic heterocycles. The van der Waals surface area contributed by atoms with Crippen LogP contribution in [-0.4, -0.2) is 19.5 Å². The molecule has 65 heavy (non-hydrogen) atoms. The summed E-state index contributed by atoms with van der Waals surface area (Å²) in [5.41, 5.74) is 12.9. The van der Waals surface area contributed by atoms with Crippen LogP contribution in [0.15, 0.2) is 199 Å². The molecule has 0 radical (unpaired) electrons. The van der Waals surface area contributed by atoms with Gasteiger partial charge in [-0.1, -0.05) is 153 Å². The van der Waals surface area contributed by atoms with Crippen LogP contribution >= 0.6 is 0 Å². The van der Waals surface area contributed by atoms with E-state index in [1.165, 1.54) is 65.5 Å². The fraction of sp³-hybridized carbons (Fsp3) is 0.0500. The number of aromatic nitrogens is 4. The number of hydrogen-bond acceptors (Lipinski definition) is 4. The Kier molecular flexibility index (Phi) is 7.39. The molecule has 13 aromatic rings. The van der Waals surface area contributed by atoms with E-state index in [1.807, 2.05) is 42.5 Å². The first-order valence-electron chi connectivity index (χ1n) is 22.3. The first kappa shape index (κ1) is 36.1. The monoisotopic (exact) mass is 830 g/mol. The molecule has 3 aromatic heterocycles. The summed E-state index contributed by atoms with van der Waals surface area (Å²) < 4.78 is 8.75. The molecule has 10 aromatic carbocycles. The second-order valence-electron chi connectivity index (χ2n) is 17.9. The Morgan fingerprint density at radius 1 is 0.369 bits per heavy atom. The predicted molar refractivity (Wildman–Crippen MR) is 268 cm³/mol. The molecule has 0 saturated heterocycles. The average molecular weight is 831 g/mol. The first-order valence-corrected chi connectivity index (χ1v) is 22.3. The van der Waals surface area contributed by atoms with E-state index in [2.05, 4.69) is 170 Å². The number of benzene rings is 10. The third-order valence-electron chi connectivity index (χ3n) is 14.0. The van der Waals surface area contributed by atoms with Gasteiger partial charge in [0.25, 0.3) is 0 Å². The summed E-state index contributed by atoms with van der Waals surface area (Å²) in [5, 5.41) is 11.7. The van der Waals surface area contributed by atoms with Gasteiger partial charge in [0, 0.05) is 49.0 Å². The molecule has 0 atom stereocenters. The number of para-hydroxylation sites is 2. The highest BCUT2D eigenvalue weighted by Crippen LogP contribution is 2.52. The second-order valence-corrected chi connectivity index (χ2v) is 17.9. The first-order chi connectivity index (χ1) is 32.0. The lowest BCUT2D eigenvalue weighted by atomic mass is 9.82. The number of fused-ring (bicyclic) bond motifs is 15. The zero-order valence-electron chi connectivity index (χ0n) is 35.7. The Labute approximate surface area is 373 Å². The van der Waals surface area contributed by atoms with Gasteiger partial charge in [-0.15, -0.1) is 0 Å². The van der Waals surface area contributed by atoms with Gasteiger partial charge in [0.1, 0.15) is 11.2 Å². The fourth-order valence-corrected chi connectivity index (χ4v) is 11.0. The number of hydrogen-bond donors (Lipinski definition) is 0. The summed E-state index contributed by atoms with van der Waals surface area (Å²) in [6, 6.07) is 69.6. The Hall–Kier alpha value is -8.41. The quantitative estimate of drug-likeness (QED) is 0.166. The molecule has 1 aliphatic carbocycles. The highest BCUT2D eigenvalue weighted by atomic mass is 16.3. The molecule has 5 heteroatoms. The molecule has 0 fully saturated rings. The minimum atomic E-state index is -0.172. The van der Waals surface area contributed by atoms with Crippen LogP contribution in [0, 0.1) is 0 Å². The normalized spacial score (nSPS) is 13.2. The zero-order valence-corrected chi connectivity index (χ0v) is 35.7. The Morgan fingerprint density at radius 3 is 1.75 bits per heavy atom. The van der Waals surface area contributed by atoms with Gasteiger partial charge in [0.05, 0.1) is 16.7 Å². The zero-order chi connectivity index (χ0) is 43.0. The smallest absolute Gasteiger partial charge is 0.164 e. The SMILES string of the molecule is CC1(C)c2ccccc2-c2cc3c4ccccc4n(-c4cc(-c5nc(-c6ccccc6)nc(-c6ccc7oc8ccccc8c7c6)n5)cc5c6ccccc6c6ccccc6c45)c3cc21. The van der Waals surface area contributed by atoms with Crippen molar-refractivity contribution in [3.63, 3.8) is 0 Å². The van der Waals surface area contributed by atoms with Crippen molar-refractivity contribution in [1.82, 2.24) is 19.5 Å². The summed E-state index contributed by atoms with van der Waals surface area (Å²) >= 11 is 0. The van der Waals surface area contributed by atoms with E-state index < -0.39 is 0 Å². The maximum atomic E-state index is 6.24. The van der Waals surface area contributed by atoms with E-state index in [0.717, 1.165) is 55.2 Å². The summed E-state index contributed by atoms with van der Waals surface area (Å²) in [6.07, 6.45) is 0. The van der Waals surface area contributed by atoms with Gasteiger partial charge in [-0.2, -0.15) is 0 Å². The van der Waals surface area contributed by atoms with E-state index >= 15 is 0 Å². The molecule has 0 amide bonds. The summed E-state index contributed by atoms with van der Waals surface area (Å²) in [5.74, 6) is 1.81. The van der Waals surface area contributed by atoms with Crippen molar-refractivity contribution in [2.75, 3.05) is 0 Å². The molecule has 0 saturated carbocycles. The number of rotatable bonds is 4. The van der Waals surface area contributed by atoms with Crippen LogP contribution in [0.3, 0.4) is 0 Å². The van der Waals surface area contributed by atoms with Crippen LogP contribution < -0.4 is 0 Å². The average Bonchev–Trinajstić information content (AvgIpc) is 3.97. The van der Waals surface area contributed by atoms with Crippen molar-refractivity contribution in [3.8, 4) is 51.0 Å². The molecule has 0 bridgehead atoms. The van der Waals surface area contributed by atoms with Crippen molar-refractivity contribution < 1.29 is 4.42 Å². The largest absolute Gasteiger partial charge is 0.456 e. The Balaban J connectivity index is 1.11. The highest BCUT2D eigenvalue weighted by Gasteiger charge is 2.36. The molecule has 3 heterocycles. The van der Waals surface area contributed by atoms with Crippen LogP contribution in [0.4, 0.5) is 0 Å². The number of furan rings is 1. The topological polar surface area (TPSA) is 56.7 Å². The molecule has 1 aliphatic rings. The van der Waals surface area contributed by atoms with Crippen LogP contribution in [0.25, 0.3) is 127 Å². The van der Waals surface area contributed by atoms with E-state index in [-0.39, 0.29) is 5.41 Å². The molecule has 0 spiro atoms. The minimum Gasteiger partial charge on any atom is -0.456 e. The van der Waals surface area contributed by atoms with Gasteiger partial charge in [-0.25, -0.2) is 15.0 Å². The molecular weight excluding hydrogens is 793 g/mol. The lowest BCUT2D eigenvalue weighted by molar-refractivity contribution is 0.661. The third kappa shape index (κ3) is 5.18. The van der Waals surface area contributed by atoms with E-state index in [4.69, 9.17) is 19.4 Å². The van der Waals surface area contributed by atoms with Crippen molar-refractivity contribution in [3.05, 3.63) is 205 Å². The molecule has 5 nitrogen and oxygen atoms in total. The molecule has 304 valence electrons. The van der Waals surface area contributed by atoms with Crippen molar-refractivity contribution in [1.29, 1.82) is 0 Å². The van der Waals surface area contributed by atoms with Gasteiger partial charge in [-0.3, -0.25) is 0 Å². The van der Waals surface area contributed by atoms with Crippen LogP contribution in [0.5, 0.6) is 0 Å². The minimum absolute atomic E-state index is 0.172. The maximum absolute atomic E-state index is 6.24. The van der Waals surface area contributed by atoms with E-state index in [9.17, 15) is 0 Å². The van der Waals surface area contributed by atoms with Crippen molar-refractivity contribution in [2.24, 2.45) is 0 Å². The van der Waals surface area contributed by atoms with Gasteiger partial charge in [0.2, 0.25) is 0 Å². The fourth-order valence-electron chi connectivity index (χ4n) is 11.0. The molecule has 0 unspecified atom stereocenters. The van der Waals surface area contributed by atoms with Crippen molar-refractivity contribution in [2.45, 2.75) is 19.3 Å². The summed E-state index contributed by atoms with van der Waals surface area (Å²) in [4.78, 5) is 15.9. The van der Waals surface area contributed by atoms with E-state index in [1.54, 1.807) is 0 Å². The Morgan fingerprint density at radius 2 is 0.954 bits per heavy atom. The maximum Gasteiger partial charge on any atom is 0.164 e. The van der Waals surface area contributed by atoms with Crippen LogP contribution in [-0.2, 0) is 5.41 Å². The number of nitrogens with zero attached hydrogens (tertiary/aromatic N) is 4. The Bertz CT molecular complexity index is 4160. The summed E-state index contributed by atoms with van der Waals surface area (Å²) in [6.45, 7) is 4.73. The van der Waals surface area contributed by atoms with Gasteiger partial charge >= 0.3 is 0 Å². The molecule has 14 rings (SSSR count). The molecule has 0 N–H and O–H groups in total. The van der Waals surface area contributed by atoms with Gasteiger partial charge in [0.15, 0.2) is 17.5 Å². The second kappa shape index (κ2) is 13.3.